The molecule has 0 heterocycles. The van der Waals surface area contributed by atoms with E-state index >= 15 is 0 Å². The maximum atomic E-state index is 4.02. The molecule has 2 heteroatoms. The third-order valence-electron chi connectivity index (χ3n) is 3.98. The summed E-state index contributed by atoms with van der Waals surface area (Å²) in [5, 5.41) is 0. The first-order chi connectivity index (χ1) is 9.79. The number of rotatable bonds is 4. The van der Waals surface area contributed by atoms with E-state index in [1.807, 2.05) is 0 Å². The Morgan fingerprint density at radius 3 is 2.80 bits per heavy atom. The quantitative estimate of drug-likeness (QED) is 0.524. The Morgan fingerprint density at radius 2 is 2.10 bits per heavy atom. The van der Waals surface area contributed by atoms with E-state index in [1.165, 1.54) is 11.1 Å². The van der Waals surface area contributed by atoms with Crippen LogP contribution in [0, 0.1) is 0 Å². The number of hydrogen-bond acceptors (Lipinski definition) is 0. The Hall–Kier alpha value is -0.496. The molecule has 0 radical (unpaired) electrons. The van der Waals surface area contributed by atoms with E-state index < -0.39 is 0 Å². The van der Waals surface area contributed by atoms with Crippen LogP contribution in [0.4, 0.5) is 0 Å². The van der Waals surface area contributed by atoms with Gasteiger partial charge in [0.2, 0.25) is 0 Å². The average Bonchev–Trinajstić information content (AvgIpc) is 3.12. The monoisotopic (exact) mass is 361 g/mol. The molecule has 0 saturated heterocycles. The molecule has 101 valence electrons. The summed E-state index contributed by atoms with van der Waals surface area (Å²) >= 11 is 3.97. The predicted octanol–water partition coefficient (Wildman–Crippen LogP) is 4.97. The summed E-state index contributed by atoms with van der Waals surface area (Å²) in [7, 11) is 0. The fourth-order valence-electron chi connectivity index (χ4n) is 2.95. The van der Waals surface area contributed by atoms with Crippen LogP contribution in [0.3, 0.4) is 0 Å². The molecule has 0 nitrogen and oxygen atoms in total. The van der Waals surface area contributed by atoms with Crippen molar-refractivity contribution in [3.8, 4) is 0 Å². The van der Waals surface area contributed by atoms with Gasteiger partial charge < -0.3 is 0 Å². The molecule has 20 heavy (non-hydrogen) atoms. The van der Waals surface area contributed by atoms with E-state index in [1.54, 1.807) is 11.1 Å². The van der Waals surface area contributed by atoms with Gasteiger partial charge in [0, 0.05) is 0 Å². The van der Waals surface area contributed by atoms with E-state index in [2.05, 4.69) is 75.7 Å². The van der Waals surface area contributed by atoms with Crippen molar-refractivity contribution in [1.82, 2.24) is 0 Å². The zero-order valence-corrected chi connectivity index (χ0v) is 14.8. The number of benzene rings is 1. The molecule has 1 aromatic rings. The molecular formula is C18H18BrTi. The van der Waals surface area contributed by atoms with E-state index in [0.717, 1.165) is 12.8 Å². The van der Waals surface area contributed by atoms with Crippen molar-refractivity contribution in [1.29, 1.82) is 0 Å². The van der Waals surface area contributed by atoms with Crippen molar-refractivity contribution < 1.29 is 18.7 Å². The molecule has 0 saturated carbocycles. The van der Waals surface area contributed by atoms with E-state index in [9.17, 15) is 0 Å². The van der Waals surface area contributed by atoms with Crippen LogP contribution in [-0.4, -0.2) is 9.14 Å². The van der Waals surface area contributed by atoms with Gasteiger partial charge >= 0.3 is 139 Å². The molecule has 2 unspecified atom stereocenters. The molecular weight excluding hydrogens is 344 g/mol. The number of allylic oxidation sites excluding steroid dienone is 5. The molecule has 0 fully saturated rings. The third-order valence-corrected chi connectivity index (χ3v) is 8.04. The molecule has 2 atom stereocenters. The fourth-order valence-corrected chi connectivity index (χ4v) is 6.04. The molecule has 0 spiro atoms. The van der Waals surface area contributed by atoms with Gasteiger partial charge in [0.05, 0.1) is 0 Å². The molecule has 0 N–H and O–H groups in total. The summed E-state index contributed by atoms with van der Waals surface area (Å²) < 4.78 is 3.12. The van der Waals surface area contributed by atoms with Crippen molar-refractivity contribution in [3.63, 3.8) is 0 Å². The van der Waals surface area contributed by atoms with Crippen molar-refractivity contribution in [2.75, 3.05) is 0 Å². The minimum atomic E-state index is -0.0495. The Morgan fingerprint density at radius 1 is 1.25 bits per heavy atom. The SMILES string of the molecule is C[CH]=[Ti][CH](C1=CC=CC1)C(Br)C1=Cc2ccccc2C1. The van der Waals surface area contributed by atoms with E-state index in [0.29, 0.717) is 9.05 Å². The van der Waals surface area contributed by atoms with Crippen molar-refractivity contribution >= 4 is 26.3 Å². The first kappa shape index (κ1) is 14.4. The Labute approximate surface area is 138 Å². The van der Waals surface area contributed by atoms with Gasteiger partial charge in [0.15, 0.2) is 0 Å². The van der Waals surface area contributed by atoms with Gasteiger partial charge in [0.25, 0.3) is 0 Å². The summed E-state index contributed by atoms with van der Waals surface area (Å²) in [6.07, 6.45) is 11.5. The fraction of sp³-hybridized carbons (Fsp3) is 0.278. The Bertz CT molecular complexity index is 622. The summed E-state index contributed by atoms with van der Waals surface area (Å²) in [5.41, 5.74) is 6.05. The van der Waals surface area contributed by atoms with Crippen molar-refractivity contribution in [2.24, 2.45) is 0 Å². The zero-order chi connectivity index (χ0) is 13.9. The zero-order valence-electron chi connectivity index (χ0n) is 11.6. The second kappa shape index (κ2) is 6.51. The van der Waals surface area contributed by atoms with Crippen molar-refractivity contribution in [3.05, 3.63) is 64.8 Å². The number of fused-ring (bicyclic) bond motifs is 1. The molecule has 0 aromatic heterocycles. The van der Waals surface area contributed by atoms with Crippen molar-refractivity contribution in [2.45, 2.75) is 28.8 Å². The number of halogens is 1. The maximum absolute atomic E-state index is 4.02. The van der Waals surface area contributed by atoms with Gasteiger partial charge in [-0.1, -0.05) is 0 Å². The Balaban J connectivity index is 1.83. The topological polar surface area (TPSA) is 0 Å². The molecule has 3 rings (SSSR count). The van der Waals surface area contributed by atoms with Gasteiger partial charge in [-0.05, 0) is 0 Å². The molecule has 0 bridgehead atoms. The predicted molar refractivity (Wildman–Crippen MR) is 88.2 cm³/mol. The van der Waals surface area contributed by atoms with E-state index in [4.69, 9.17) is 0 Å². The summed E-state index contributed by atoms with van der Waals surface area (Å²) in [6.45, 7) is 2.22. The Kier molecular flexibility index (Phi) is 4.70. The first-order valence-corrected chi connectivity index (χ1v) is 9.83. The molecule has 1 aromatic carbocycles. The summed E-state index contributed by atoms with van der Waals surface area (Å²) in [4.78, 5) is 0.497. The van der Waals surface area contributed by atoms with Crippen LogP contribution >= 0.6 is 15.9 Å². The van der Waals surface area contributed by atoms with Crippen LogP contribution in [0.2, 0.25) is 4.22 Å². The summed E-state index contributed by atoms with van der Waals surface area (Å²) in [6, 6.07) is 8.77. The van der Waals surface area contributed by atoms with Gasteiger partial charge in [0.1, 0.15) is 0 Å². The third kappa shape index (κ3) is 2.91. The second-order valence-corrected chi connectivity index (χ2v) is 8.68. The van der Waals surface area contributed by atoms with Gasteiger partial charge in [-0.2, -0.15) is 0 Å². The van der Waals surface area contributed by atoms with Crippen LogP contribution in [0.1, 0.15) is 24.5 Å². The number of hydrogen-bond donors (Lipinski definition) is 0. The van der Waals surface area contributed by atoms with Crippen LogP contribution in [0.25, 0.3) is 6.08 Å². The van der Waals surface area contributed by atoms with Crippen LogP contribution in [0.5, 0.6) is 0 Å². The van der Waals surface area contributed by atoms with Crippen LogP contribution < -0.4 is 0 Å². The first-order valence-electron chi connectivity index (χ1n) is 7.11. The van der Waals surface area contributed by atoms with Gasteiger partial charge in [-0.25, -0.2) is 0 Å². The van der Waals surface area contributed by atoms with Crippen LogP contribution in [-0.2, 0) is 25.1 Å². The summed E-state index contributed by atoms with van der Waals surface area (Å²) in [5.74, 6) is 0. The van der Waals surface area contributed by atoms with Gasteiger partial charge in [-0.3, -0.25) is 0 Å². The second-order valence-electron chi connectivity index (χ2n) is 5.30. The molecule has 2 aliphatic rings. The number of alkyl halides is 1. The van der Waals surface area contributed by atoms with Gasteiger partial charge in [-0.15, -0.1) is 0 Å². The molecule has 0 amide bonds. The van der Waals surface area contributed by atoms with E-state index in [-0.39, 0.29) is 18.7 Å². The average molecular weight is 362 g/mol. The normalized spacial score (nSPS) is 19.5. The minimum absolute atomic E-state index is 0.0495. The molecule has 0 aliphatic heterocycles. The van der Waals surface area contributed by atoms with Crippen LogP contribution in [0.15, 0.2) is 53.6 Å². The molecule has 2 aliphatic carbocycles. The standard InChI is InChI=1S/C16H14Br.C2H4.Ti/c17-16(9-12-5-1-2-6-12)15-10-13-7-3-4-8-14(13)11-15;1-2;/h1-5,7-10,16H,6,11H2;1H,2H3;.